The maximum Gasteiger partial charge on any atom is 0.275 e. The second kappa shape index (κ2) is 8.97. The summed E-state index contributed by atoms with van der Waals surface area (Å²) in [4.78, 5) is 14.5. The highest BCUT2D eigenvalue weighted by Gasteiger charge is 2.30. The molecule has 6 nitrogen and oxygen atoms in total. The average molecular weight is 409 g/mol. The number of sulfonamides is 1. The van der Waals surface area contributed by atoms with Gasteiger partial charge in [0.1, 0.15) is 0 Å². The van der Waals surface area contributed by atoms with E-state index in [-0.39, 0.29) is 17.7 Å². The van der Waals surface area contributed by atoms with Crippen molar-refractivity contribution in [2.45, 2.75) is 18.7 Å². The van der Waals surface area contributed by atoms with E-state index in [1.165, 1.54) is 0 Å². The Kier molecular flexibility index (Phi) is 6.64. The van der Waals surface area contributed by atoms with Crippen molar-refractivity contribution < 1.29 is 18.1 Å². The van der Waals surface area contributed by atoms with E-state index >= 15 is 0 Å². The van der Waals surface area contributed by atoms with Crippen LogP contribution in [0.2, 0.25) is 0 Å². The first-order valence-corrected chi connectivity index (χ1v) is 11.6. The summed E-state index contributed by atoms with van der Waals surface area (Å²) in [5, 5.41) is 5.02. The first kappa shape index (κ1) is 20.0. The lowest BCUT2D eigenvalue weighted by Gasteiger charge is -2.31. The summed E-state index contributed by atoms with van der Waals surface area (Å²) in [6.45, 7) is 4.57. The number of amides is 1. The van der Waals surface area contributed by atoms with Crippen molar-refractivity contribution in [2.24, 2.45) is 0 Å². The van der Waals surface area contributed by atoms with Gasteiger partial charge in [-0.15, -0.1) is 11.3 Å². The molecule has 0 aliphatic carbocycles. The summed E-state index contributed by atoms with van der Waals surface area (Å²) in [6.07, 6.45) is 0. The number of benzene rings is 1. The Hall–Kier alpha value is -1.74. The van der Waals surface area contributed by atoms with Crippen LogP contribution in [0.1, 0.15) is 23.4 Å². The molecule has 27 heavy (non-hydrogen) atoms. The second-order valence-corrected chi connectivity index (χ2v) is 9.82. The highest BCUT2D eigenvalue weighted by Crippen LogP contribution is 2.17. The minimum atomic E-state index is -3.32. The Labute approximate surface area is 164 Å². The van der Waals surface area contributed by atoms with E-state index in [1.54, 1.807) is 15.6 Å². The molecule has 2 heterocycles. The van der Waals surface area contributed by atoms with Gasteiger partial charge in [-0.2, -0.15) is 4.31 Å². The van der Waals surface area contributed by atoms with Crippen LogP contribution in [0.25, 0.3) is 0 Å². The van der Waals surface area contributed by atoms with Gasteiger partial charge in [-0.3, -0.25) is 4.79 Å². The molecule has 0 saturated carbocycles. The fraction of sp³-hybridized carbons (Fsp3) is 0.421. The van der Waals surface area contributed by atoms with Gasteiger partial charge in [-0.25, -0.2) is 8.42 Å². The summed E-state index contributed by atoms with van der Waals surface area (Å²) in [5.41, 5.74) is 0.800. The van der Waals surface area contributed by atoms with Crippen molar-refractivity contribution in [1.29, 1.82) is 0 Å². The van der Waals surface area contributed by atoms with E-state index in [9.17, 15) is 13.2 Å². The molecule has 1 aliphatic rings. The number of thiophene rings is 1. The van der Waals surface area contributed by atoms with E-state index in [4.69, 9.17) is 0 Å². The predicted molar refractivity (Wildman–Crippen MR) is 107 cm³/mol. The molecule has 1 aromatic heterocycles. The lowest BCUT2D eigenvalue weighted by molar-refractivity contribution is -0.895. The van der Waals surface area contributed by atoms with Gasteiger partial charge in [-0.1, -0.05) is 36.4 Å². The summed E-state index contributed by atoms with van der Waals surface area (Å²) >= 11 is 1.63. The molecule has 1 amide bonds. The number of hydrogen-bond acceptors (Lipinski definition) is 4. The number of nitrogens with zero attached hydrogens (tertiary/aromatic N) is 1. The standard InChI is InChI=1S/C19H25N3O3S2/c1-16(18-8-5-13-26-18)20-19(23)14-21-9-11-22(12-10-21)27(24,25)15-17-6-3-2-4-7-17/h2-8,13,16H,9-12,14-15H2,1H3,(H,20,23)/p+1/t16-/m1/s1. The highest BCUT2D eigenvalue weighted by molar-refractivity contribution is 7.88. The van der Waals surface area contributed by atoms with Gasteiger partial charge in [-0.05, 0) is 23.9 Å². The zero-order valence-corrected chi connectivity index (χ0v) is 17.1. The Bertz CT molecular complexity index is 830. The Morgan fingerprint density at radius 1 is 1.19 bits per heavy atom. The van der Waals surface area contributed by atoms with Crippen molar-refractivity contribution in [3.8, 4) is 0 Å². The van der Waals surface area contributed by atoms with Gasteiger partial charge >= 0.3 is 0 Å². The summed E-state index contributed by atoms with van der Waals surface area (Å²) in [6, 6.07) is 13.2. The molecule has 2 N–H and O–H groups in total. The predicted octanol–water partition coefficient (Wildman–Crippen LogP) is 0.656. The van der Waals surface area contributed by atoms with E-state index in [2.05, 4.69) is 5.32 Å². The Balaban J connectivity index is 1.46. The molecular weight excluding hydrogens is 382 g/mol. The van der Waals surface area contributed by atoms with Gasteiger partial charge in [0.15, 0.2) is 6.54 Å². The minimum absolute atomic E-state index is 0.00411. The smallest absolute Gasteiger partial charge is 0.275 e. The number of hydrogen-bond donors (Lipinski definition) is 2. The van der Waals surface area contributed by atoms with Crippen LogP contribution in [0.5, 0.6) is 0 Å². The van der Waals surface area contributed by atoms with E-state index in [0.717, 1.165) is 15.3 Å². The van der Waals surface area contributed by atoms with E-state index < -0.39 is 10.0 Å². The van der Waals surface area contributed by atoms with Gasteiger partial charge < -0.3 is 10.2 Å². The fourth-order valence-electron chi connectivity index (χ4n) is 3.26. The lowest BCUT2D eigenvalue weighted by atomic mass is 10.2. The van der Waals surface area contributed by atoms with E-state index in [0.29, 0.717) is 32.7 Å². The van der Waals surface area contributed by atoms with E-state index in [1.807, 2.05) is 54.8 Å². The zero-order valence-electron chi connectivity index (χ0n) is 15.4. The molecule has 0 radical (unpaired) electrons. The molecule has 8 heteroatoms. The normalized spacial score (nSPS) is 17.5. The van der Waals surface area contributed by atoms with Gasteiger partial charge in [0.2, 0.25) is 10.0 Å². The first-order chi connectivity index (χ1) is 12.9. The van der Waals surface area contributed by atoms with Crippen molar-refractivity contribution in [3.05, 3.63) is 58.3 Å². The van der Waals surface area contributed by atoms with Crippen molar-refractivity contribution in [1.82, 2.24) is 9.62 Å². The monoisotopic (exact) mass is 408 g/mol. The van der Waals surface area contributed by atoms with Crippen LogP contribution in [0, 0.1) is 0 Å². The molecule has 2 aromatic rings. The summed E-state index contributed by atoms with van der Waals surface area (Å²) in [5.74, 6) is 0.0358. The topological polar surface area (TPSA) is 70.9 Å². The third-order valence-electron chi connectivity index (χ3n) is 4.77. The first-order valence-electron chi connectivity index (χ1n) is 9.12. The van der Waals surface area contributed by atoms with Crippen LogP contribution in [0.4, 0.5) is 0 Å². The molecule has 146 valence electrons. The van der Waals surface area contributed by atoms with Crippen molar-refractivity contribution in [2.75, 3.05) is 32.7 Å². The third-order valence-corrected chi connectivity index (χ3v) is 7.68. The average Bonchev–Trinajstić information content (AvgIpc) is 3.17. The van der Waals surface area contributed by atoms with Crippen LogP contribution >= 0.6 is 11.3 Å². The molecule has 1 aliphatic heterocycles. The minimum Gasteiger partial charge on any atom is -0.344 e. The maximum atomic E-state index is 12.6. The Morgan fingerprint density at radius 3 is 2.52 bits per heavy atom. The number of piperazine rings is 1. The van der Waals surface area contributed by atoms with Crippen LogP contribution in [-0.2, 0) is 20.6 Å². The van der Waals surface area contributed by atoms with Crippen molar-refractivity contribution >= 4 is 27.3 Å². The van der Waals surface area contributed by atoms with Crippen LogP contribution in [0.15, 0.2) is 47.8 Å². The number of carbonyl (C=O) groups is 1. The second-order valence-electron chi connectivity index (χ2n) is 6.87. The zero-order chi connectivity index (χ0) is 19.3. The molecule has 1 saturated heterocycles. The highest BCUT2D eigenvalue weighted by atomic mass is 32.2. The largest absolute Gasteiger partial charge is 0.344 e. The molecule has 1 fully saturated rings. The van der Waals surface area contributed by atoms with Gasteiger partial charge in [0.25, 0.3) is 5.91 Å². The number of carbonyl (C=O) groups excluding carboxylic acids is 1. The van der Waals surface area contributed by atoms with Gasteiger partial charge in [0.05, 0.1) is 38.0 Å². The molecule has 0 bridgehead atoms. The van der Waals surface area contributed by atoms with Crippen LogP contribution in [-0.4, -0.2) is 51.4 Å². The molecule has 1 atom stereocenters. The molecule has 0 spiro atoms. The maximum absolute atomic E-state index is 12.6. The summed E-state index contributed by atoms with van der Waals surface area (Å²) in [7, 11) is -3.32. The lowest BCUT2D eigenvalue weighted by Crippen LogP contribution is -3.15. The molecule has 0 unspecified atom stereocenters. The van der Waals surface area contributed by atoms with Gasteiger partial charge in [0, 0.05) is 4.88 Å². The van der Waals surface area contributed by atoms with Crippen LogP contribution < -0.4 is 10.2 Å². The van der Waals surface area contributed by atoms with Crippen LogP contribution in [0.3, 0.4) is 0 Å². The molecule has 3 rings (SSSR count). The SMILES string of the molecule is C[C@@H](NC(=O)C[NH+]1CCN(S(=O)(=O)Cc2ccccc2)CC1)c1cccs1. The number of nitrogens with one attached hydrogen (secondary N) is 2. The quantitative estimate of drug-likeness (QED) is 0.707. The Morgan fingerprint density at radius 2 is 1.89 bits per heavy atom. The molecule has 1 aromatic carbocycles. The number of quaternary nitrogens is 1. The molecular formula is C19H26N3O3S2+. The number of rotatable bonds is 7. The third kappa shape index (κ3) is 5.62. The summed E-state index contributed by atoms with van der Waals surface area (Å²) < 4.78 is 26.7. The van der Waals surface area contributed by atoms with Crippen molar-refractivity contribution in [3.63, 3.8) is 0 Å². The fourth-order valence-corrected chi connectivity index (χ4v) is 5.53.